The molecule has 2 amide bonds. The molecule has 0 aliphatic rings. The maximum atomic E-state index is 12.7. The summed E-state index contributed by atoms with van der Waals surface area (Å²) in [6.07, 6.45) is 0.142. The molecule has 0 unspecified atom stereocenters. The summed E-state index contributed by atoms with van der Waals surface area (Å²) in [5.74, 6) is -2.67. The predicted molar refractivity (Wildman–Crippen MR) is 106 cm³/mol. The Hall–Kier alpha value is -3.33. The first kappa shape index (κ1) is 22.0. The summed E-state index contributed by atoms with van der Waals surface area (Å²) in [5.41, 5.74) is 0.601. The number of hydrogen-bond donors (Lipinski definition) is 2. The van der Waals surface area contributed by atoms with Crippen LogP contribution in [0.5, 0.6) is 0 Å². The fraction of sp³-hybridized carbons (Fsp3) is 0.200. The number of amides is 2. The summed E-state index contributed by atoms with van der Waals surface area (Å²) in [5, 5.41) is 4.80. The van der Waals surface area contributed by atoms with Gasteiger partial charge in [0.05, 0.1) is 9.79 Å². The van der Waals surface area contributed by atoms with Crippen molar-refractivity contribution in [2.45, 2.75) is 36.5 Å². The van der Waals surface area contributed by atoms with E-state index in [2.05, 4.69) is 10.6 Å². The van der Waals surface area contributed by atoms with Crippen LogP contribution in [-0.2, 0) is 29.0 Å². The molecule has 2 aromatic carbocycles. The second-order valence-corrected chi connectivity index (χ2v) is 7.96. The standard InChI is InChI=1S/C20H20N2O6S/c1-3-17(23)19(25)21-13-5-9-15(10-6-13)29(27,28)16-11-7-14(8-12-16)22-20(26)18(24)4-2/h5-12H,3-4H2,1-2H3,(H,21,25)(H,22,26). The minimum atomic E-state index is -3.83. The number of hydrogen-bond acceptors (Lipinski definition) is 6. The number of anilines is 2. The molecule has 9 heteroatoms. The smallest absolute Gasteiger partial charge is 0.291 e. The van der Waals surface area contributed by atoms with Crippen molar-refractivity contribution < 1.29 is 27.6 Å². The second kappa shape index (κ2) is 9.24. The molecule has 0 heterocycles. The van der Waals surface area contributed by atoms with Gasteiger partial charge in [-0.25, -0.2) is 8.42 Å². The zero-order valence-electron chi connectivity index (χ0n) is 15.9. The van der Waals surface area contributed by atoms with Crippen molar-refractivity contribution in [3.63, 3.8) is 0 Å². The van der Waals surface area contributed by atoms with Gasteiger partial charge in [-0.3, -0.25) is 19.2 Å². The van der Waals surface area contributed by atoms with Gasteiger partial charge in [0.25, 0.3) is 11.8 Å². The maximum absolute atomic E-state index is 12.7. The highest BCUT2D eigenvalue weighted by Gasteiger charge is 2.19. The average Bonchev–Trinajstić information content (AvgIpc) is 2.73. The van der Waals surface area contributed by atoms with Crippen molar-refractivity contribution in [2.24, 2.45) is 0 Å². The van der Waals surface area contributed by atoms with Crippen LogP contribution >= 0.6 is 0 Å². The van der Waals surface area contributed by atoms with Gasteiger partial charge in [-0.1, -0.05) is 13.8 Å². The van der Waals surface area contributed by atoms with Gasteiger partial charge in [0, 0.05) is 24.2 Å². The van der Waals surface area contributed by atoms with Crippen LogP contribution in [0.4, 0.5) is 11.4 Å². The van der Waals surface area contributed by atoms with Crippen molar-refractivity contribution in [2.75, 3.05) is 10.6 Å². The normalized spacial score (nSPS) is 10.8. The van der Waals surface area contributed by atoms with E-state index in [1.807, 2.05) is 0 Å². The Bertz CT molecular complexity index is 962. The van der Waals surface area contributed by atoms with E-state index in [4.69, 9.17) is 0 Å². The molecule has 0 saturated heterocycles. The number of Topliss-reactive ketones (excluding diaryl/α,β-unsaturated/α-hetero) is 2. The maximum Gasteiger partial charge on any atom is 0.291 e. The van der Waals surface area contributed by atoms with E-state index in [1.165, 1.54) is 48.5 Å². The van der Waals surface area contributed by atoms with Gasteiger partial charge in [0.2, 0.25) is 21.4 Å². The van der Waals surface area contributed by atoms with Gasteiger partial charge >= 0.3 is 0 Å². The monoisotopic (exact) mass is 416 g/mol. The molecule has 0 atom stereocenters. The highest BCUT2D eigenvalue weighted by Crippen LogP contribution is 2.23. The van der Waals surface area contributed by atoms with Crippen molar-refractivity contribution >= 4 is 44.6 Å². The van der Waals surface area contributed by atoms with Crippen molar-refractivity contribution in [1.29, 1.82) is 0 Å². The Morgan fingerprint density at radius 1 is 0.655 bits per heavy atom. The van der Waals surface area contributed by atoms with Gasteiger partial charge in [-0.15, -0.1) is 0 Å². The lowest BCUT2D eigenvalue weighted by atomic mass is 10.2. The fourth-order valence-electron chi connectivity index (χ4n) is 2.29. The number of carbonyl (C=O) groups excluding carboxylic acids is 4. The van der Waals surface area contributed by atoms with Crippen LogP contribution in [-0.4, -0.2) is 31.8 Å². The number of carbonyl (C=O) groups is 4. The summed E-state index contributed by atoms with van der Waals surface area (Å²) >= 11 is 0. The number of benzene rings is 2. The van der Waals surface area contributed by atoms with Gasteiger partial charge in [-0.2, -0.15) is 0 Å². The largest absolute Gasteiger partial charge is 0.319 e. The summed E-state index contributed by atoms with van der Waals surface area (Å²) in [7, 11) is -3.83. The Labute approximate surface area is 168 Å². The van der Waals surface area contributed by atoms with Gasteiger partial charge in [0.1, 0.15) is 0 Å². The molecule has 0 bridgehead atoms. The van der Waals surface area contributed by atoms with Crippen LogP contribution in [0.1, 0.15) is 26.7 Å². The van der Waals surface area contributed by atoms with Crippen LogP contribution in [0.3, 0.4) is 0 Å². The van der Waals surface area contributed by atoms with Crippen LogP contribution in [0, 0.1) is 0 Å². The minimum Gasteiger partial charge on any atom is -0.319 e. The van der Waals surface area contributed by atoms with E-state index in [0.29, 0.717) is 11.4 Å². The third-order valence-electron chi connectivity index (χ3n) is 3.99. The molecular weight excluding hydrogens is 396 g/mol. The van der Waals surface area contributed by atoms with Crippen molar-refractivity contribution in [3.8, 4) is 0 Å². The second-order valence-electron chi connectivity index (χ2n) is 6.01. The lowest BCUT2D eigenvalue weighted by Gasteiger charge is -2.08. The molecule has 0 spiro atoms. The Morgan fingerprint density at radius 3 is 1.24 bits per heavy atom. The summed E-state index contributed by atoms with van der Waals surface area (Å²) in [6.45, 7) is 3.13. The molecule has 0 fully saturated rings. The summed E-state index contributed by atoms with van der Waals surface area (Å²) < 4.78 is 25.5. The topological polar surface area (TPSA) is 126 Å². The van der Waals surface area contributed by atoms with Crippen LogP contribution < -0.4 is 10.6 Å². The van der Waals surface area contributed by atoms with E-state index in [9.17, 15) is 27.6 Å². The Kier molecular flexibility index (Phi) is 7.00. The molecule has 0 aliphatic carbocycles. The third-order valence-corrected chi connectivity index (χ3v) is 5.78. The summed E-state index contributed by atoms with van der Waals surface area (Å²) in [4.78, 5) is 45.8. The van der Waals surface area contributed by atoms with E-state index >= 15 is 0 Å². The molecule has 8 nitrogen and oxygen atoms in total. The van der Waals surface area contributed by atoms with Crippen LogP contribution in [0.25, 0.3) is 0 Å². The number of sulfone groups is 1. The number of rotatable bonds is 8. The van der Waals surface area contributed by atoms with E-state index in [0.717, 1.165) is 0 Å². The fourth-order valence-corrected chi connectivity index (χ4v) is 3.55. The molecule has 2 rings (SSSR count). The number of nitrogens with one attached hydrogen (secondary N) is 2. The predicted octanol–water partition coefficient (Wildman–Crippen LogP) is 2.35. The molecule has 0 radical (unpaired) electrons. The molecule has 29 heavy (non-hydrogen) atoms. The lowest BCUT2D eigenvalue weighted by Crippen LogP contribution is -2.21. The van der Waals surface area contributed by atoms with Crippen molar-refractivity contribution in [3.05, 3.63) is 48.5 Å². The molecule has 0 aliphatic heterocycles. The van der Waals surface area contributed by atoms with E-state index < -0.39 is 33.2 Å². The molecule has 152 valence electrons. The minimum absolute atomic E-state index is 0.00439. The lowest BCUT2D eigenvalue weighted by molar-refractivity contribution is -0.134. The van der Waals surface area contributed by atoms with Gasteiger partial charge in [0.15, 0.2) is 0 Å². The summed E-state index contributed by atoms with van der Waals surface area (Å²) in [6, 6.07) is 10.8. The van der Waals surface area contributed by atoms with E-state index in [1.54, 1.807) is 13.8 Å². The van der Waals surface area contributed by atoms with Crippen molar-refractivity contribution in [1.82, 2.24) is 0 Å². The average molecular weight is 416 g/mol. The quantitative estimate of drug-likeness (QED) is 0.636. The first-order valence-corrected chi connectivity index (χ1v) is 10.3. The molecule has 2 N–H and O–H groups in total. The third kappa shape index (κ3) is 5.35. The molecule has 0 aromatic heterocycles. The first-order chi connectivity index (χ1) is 13.7. The van der Waals surface area contributed by atoms with Crippen LogP contribution in [0.15, 0.2) is 58.3 Å². The van der Waals surface area contributed by atoms with Crippen LogP contribution in [0.2, 0.25) is 0 Å². The van der Waals surface area contributed by atoms with E-state index in [-0.39, 0.29) is 22.6 Å². The Balaban J connectivity index is 2.16. The van der Waals surface area contributed by atoms with Gasteiger partial charge in [-0.05, 0) is 48.5 Å². The molecule has 2 aromatic rings. The van der Waals surface area contributed by atoms with Gasteiger partial charge < -0.3 is 10.6 Å². The molecule has 0 saturated carbocycles. The highest BCUT2D eigenvalue weighted by molar-refractivity contribution is 7.91. The SMILES string of the molecule is CCC(=O)C(=O)Nc1ccc(S(=O)(=O)c2ccc(NC(=O)C(=O)CC)cc2)cc1. The zero-order chi connectivity index (χ0) is 21.6. The Morgan fingerprint density at radius 2 is 0.966 bits per heavy atom. The number of ketones is 2. The molecular formula is C20H20N2O6S. The zero-order valence-corrected chi connectivity index (χ0v) is 16.7. The highest BCUT2D eigenvalue weighted by atomic mass is 32.2. The first-order valence-electron chi connectivity index (χ1n) is 8.82.